The summed E-state index contributed by atoms with van der Waals surface area (Å²) in [5.41, 5.74) is -3.10. The molecule has 0 bridgehead atoms. The number of benzene rings is 1. The lowest BCUT2D eigenvalue weighted by atomic mass is 10.1. The van der Waals surface area contributed by atoms with Crippen LogP contribution in [-0.4, -0.2) is 15.3 Å². The van der Waals surface area contributed by atoms with Gasteiger partial charge in [0.2, 0.25) is 0 Å². The third kappa shape index (κ3) is 2.82. The van der Waals surface area contributed by atoms with Crippen molar-refractivity contribution in [1.29, 1.82) is 0 Å². The third-order valence-electron chi connectivity index (χ3n) is 2.18. The summed E-state index contributed by atoms with van der Waals surface area (Å²) in [6.07, 6.45) is 1.24. The molecule has 2 aromatic rings. The molecule has 1 aromatic heterocycles. The van der Waals surface area contributed by atoms with Crippen LogP contribution in [0.25, 0.3) is 11.3 Å². The second-order valence-electron chi connectivity index (χ2n) is 3.39. The molecular weight excluding hydrogens is 249 g/mol. The quantitative estimate of drug-likeness (QED) is 0.764. The highest BCUT2D eigenvalue weighted by molar-refractivity contribution is 8.00. The molecule has 0 amide bonds. The lowest BCUT2D eigenvalue weighted by molar-refractivity contribution is -0.0328. The first-order valence-corrected chi connectivity index (χ1v) is 5.62. The predicted octanol–water partition coefficient (Wildman–Crippen LogP) is 3.70. The Morgan fingerprint density at radius 3 is 2.41 bits per heavy atom. The Hall–Kier alpha value is -1.43. The highest BCUT2D eigenvalue weighted by Crippen LogP contribution is 2.41. The zero-order valence-corrected chi connectivity index (χ0v) is 9.72. The zero-order valence-electron chi connectivity index (χ0n) is 8.90. The van der Waals surface area contributed by atoms with Crippen molar-refractivity contribution >= 4 is 11.8 Å². The van der Waals surface area contributed by atoms with Crippen LogP contribution < -0.4 is 0 Å². The molecule has 0 atom stereocenters. The maximum atomic E-state index is 12.4. The van der Waals surface area contributed by atoms with Gasteiger partial charge in [0.25, 0.3) is 0 Å². The summed E-state index contributed by atoms with van der Waals surface area (Å²) in [4.78, 5) is 0.117. The molecule has 1 heterocycles. The van der Waals surface area contributed by atoms with Crippen molar-refractivity contribution in [1.82, 2.24) is 9.78 Å². The highest BCUT2D eigenvalue weighted by atomic mass is 32.2. The summed E-state index contributed by atoms with van der Waals surface area (Å²) in [6.45, 7) is 0. The Labute approximate surface area is 100 Å². The molecule has 0 N–H and O–H groups in total. The standard InChI is InChI=1S/C11H9F3N2S/c1-16-10(8-5-3-2-4-6-8)9(7-15-16)17-11(12,13)14/h2-7H,1H3. The summed E-state index contributed by atoms with van der Waals surface area (Å²) < 4.78 is 38.6. The monoisotopic (exact) mass is 258 g/mol. The Kier molecular flexibility index (Phi) is 3.15. The van der Waals surface area contributed by atoms with E-state index >= 15 is 0 Å². The van der Waals surface area contributed by atoms with Crippen molar-refractivity contribution in [2.75, 3.05) is 0 Å². The van der Waals surface area contributed by atoms with E-state index in [1.165, 1.54) is 10.9 Å². The molecule has 90 valence electrons. The van der Waals surface area contributed by atoms with Gasteiger partial charge in [0.05, 0.1) is 16.8 Å². The number of aromatic nitrogens is 2. The Balaban J connectivity index is 2.44. The summed E-state index contributed by atoms with van der Waals surface area (Å²) >= 11 is -0.140. The number of alkyl halides is 3. The van der Waals surface area contributed by atoms with Gasteiger partial charge in [-0.15, -0.1) is 0 Å². The second-order valence-corrected chi connectivity index (χ2v) is 4.50. The summed E-state index contributed by atoms with van der Waals surface area (Å²) in [5.74, 6) is 0. The minimum atomic E-state index is -4.30. The van der Waals surface area contributed by atoms with E-state index < -0.39 is 5.51 Å². The molecule has 0 unspecified atom stereocenters. The van der Waals surface area contributed by atoms with E-state index in [1.54, 1.807) is 31.3 Å². The van der Waals surface area contributed by atoms with Crippen LogP contribution >= 0.6 is 11.8 Å². The van der Waals surface area contributed by atoms with Gasteiger partial charge in [-0.1, -0.05) is 30.3 Å². The van der Waals surface area contributed by atoms with Crippen LogP contribution in [0.5, 0.6) is 0 Å². The number of nitrogens with zero attached hydrogens (tertiary/aromatic N) is 2. The van der Waals surface area contributed by atoms with Crippen molar-refractivity contribution in [2.24, 2.45) is 7.05 Å². The van der Waals surface area contributed by atoms with E-state index in [-0.39, 0.29) is 16.7 Å². The molecule has 0 radical (unpaired) electrons. The fourth-order valence-corrected chi connectivity index (χ4v) is 2.24. The normalized spacial score (nSPS) is 11.8. The average Bonchev–Trinajstić information content (AvgIpc) is 2.58. The van der Waals surface area contributed by atoms with Gasteiger partial charge in [0.15, 0.2) is 0 Å². The number of thioether (sulfide) groups is 1. The number of rotatable bonds is 2. The third-order valence-corrected chi connectivity index (χ3v) is 2.93. The van der Waals surface area contributed by atoms with Crippen molar-refractivity contribution in [3.8, 4) is 11.3 Å². The molecule has 6 heteroatoms. The highest BCUT2D eigenvalue weighted by Gasteiger charge is 2.31. The molecule has 0 fully saturated rings. The molecule has 0 aliphatic heterocycles. The lowest BCUT2D eigenvalue weighted by Gasteiger charge is -2.07. The topological polar surface area (TPSA) is 17.8 Å². The molecule has 2 rings (SSSR count). The smallest absolute Gasteiger partial charge is 0.267 e. The Morgan fingerprint density at radius 1 is 1.18 bits per heavy atom. The maximum absolute atomic E-state index is 12.4. The van der Waals surface area contributed by atoms with E-state index in [0.717, 1.165) is 5.56 Å². The van der Waals surface area contributed by atoms with Crippen molar-refractivity contribution in [3.05, 3.63) is 36.5 Å². The van der Waals surface area contributed by atoms with Gasteiger partial charge in [0.1, 0.15) is 0 Å². The largest absolute Gasteiger partial charge is 0.446 e. The average molecular weight is 258 g/mol. The van der Waals surface area contributed by atoms with Crippen LogP contribution in [0.3, 0.4) is 0 Å². The van der Waals surface area contributed by atoms with Crippen molar-refractivity contribution < 1.29 is 13.2 Å². The van der Waals surface area contributed by atoms with Gasteiger partial charge in [-0.25, -0.2) is 0 Å². The fourth-order valence-electron chi connectivity index (χ4n) is 1.54. The molecular formula is C11H9F3N2S. The van der Waals surface area contributed by atoms with Crippen molar-refractivity contribution in [2.45, 2.75) is 10.4 Å². The SMILES string of the molecule is Cn1ncc(SC(F)(F)F)c1-c1ccccc1. The first-order valence-electron chi connectivity index (χ1n) is 4.80. The lowest BCUT2D eigenvalue weighted by Crippen LogP contribution is -2.00. The van der Waals surface area contributed by atoms with Gasteiger partial charge in [-0.05, 0) is 11.8 Å². The summed E-state index contributed by atoms with van der Waals surface area (Å²) in [6, 6.07) is 8.90. The van der Waals surface area contributed by atoms with E-state index in [0.29, 0.717) is 5.69 Å². The van der Waals surface area contributed by atoms with Gasteiger partial charge in [-0.2, -0.15) is 18.3 Å². The molecule has 1 aromatic carbocycles. The zero-order chi connectivity index (χ0) is 12.5. The van der Waals surface area contributed by atoms with Crippen LogP contribution in [0.4, 0.5) is 13.2 Å². The van der Waals surface area contributed by atoms with Crippen LogP contribution in [0.15, 0.2) is 41.4 Å². The Bertz CT molecular complexity index is 505. The number of halogens is 3. The molecule has 0 saturated heterocycles. The minimum absolute atomic E-state index is 0.117. The van der Waals surface area contributed by atoms with E-state index in [2.05, 4.69) is 5.10 Å². The predicted molar refractivity (Wildman–Crippen MR) is 60.6 cm³/mol. The molecule has 0 spiro atoms. The van der Waals surface area contributed by atoms with Gasteiger partial charge in [-0.3, -0.25) is 4.68 Å². The Morgan fingerprint density at radius 2 is 1.82 bits per heavy atom. The van der Waals surface area contributed by atoms with E-state index in [4.69, 9.17) is 0 Å². The molecule has 0 aliphatic carbocycles. The molecule has 0 saturated carbocycles. The van der Waals surface area contributed by atoms with Crippen LogP contribution in [0.2, 0.25) is 0 Å². The van der Waals surface area contributed by atoms with Crippen LogP contribution in [0, 0.1) is 0 Å². The number of aryl methyl sites for hydroxylation is 1. The van der Waals surface area contributed by atoms with E-state index in [1.807, 2.05) is 6.07 Å². The van der Waals surface area contributed by atoms with E-state index in [9.17, 15) is 13.2 Å². The van der Waals surface area contributed by atoms with Crippen molar-refractivity contribution in [3.63, 3.8) is 0 Å². The number of hydrogen-bond acceptors (Lipinski definition) is 2. The van der Waals surface area contributed by atoms with Gasteiger partial charge >= 0.3 is 5.51 Å². The first kappa shape index (κ1) is 12.0. The molecule has 2 nitrogen and oxygen atoms in total. The second kappa shape index (κ2) is 4.44. The summed E-state index contributed by atoms with van der Waals surface area (Å²) in [7, 11) is 1.63. The summed E-state index contributed by atoms with van der Waals surface area (Å²) in [5, 5.41) is 3.87. The fraction of sp³-hybridized carbons (Fsp3) is 0.182. The first-order chi connectivity index (χ1) is 7.97. The van der Waals surface area contributed by atoms with Gasteiger partial charge < -0.3 is 0 Å². The van der Waals surface area contributed by atoms with Crippen LogP contribution in [-0.2, 0) is 7.05 Å². The minimum Gasteiger partial charge on any atom is -0.267 e. The number of hydrogen-bond donors (Lipinski definition) is 0. The van der Waals surface area contributed by atoms with Gasteiger partial charge in [0, 0.05) is 12.6 Å². The molecule has 17 heavy (non-hydrogen) atoms. The van der Waals surface area contributed by atoms with Crippen LogP contribution in [0.1, 0.15) is 0 Å². The maximum Gasteiger partial charge on any atom is 0.446 e. The molecule has 0 aliphatic rings.